The second-order valence-corrected chi connectivity index (χ2v) is 11.8. The van der Waals surface area contributed by atoms with Gasteiger partial charge < -0.3 is 29.7 Å². The summed E-state index contributed by atoms with van der Waals surface area (Å²) in [7, 11) is 0. The van der Waals surface area contributed by atoms with Gasteiger partial charge >= 0.3 is 5.97 Å². The second-order valence-electron chi connectivity index (χ2n) is 11.8. The van der Waals surface area contributed by atoms with Crippen molar-refractivity contribution in [1.82, 2.24) is 15.1 Å². The molecule has 0 radical (unpaired) electrons. The highest BCUT2D eigenvalue weighted by atomic mass is 16.6. The molecule has 10 nitrogen and oxygen atoms in total. The van der Waals surface area contributed by atoms with Crippen molar-refractivity contribution >= 4 is 23.7 Å². The van der Waals surface area contributed by atoms with Crippen LogP contribution in [-0.2, 0) is 28.7 Å². The van der Waals surface area contributed by atoms with E-state index in [1.807, 2.05) is 56.3 Å². The number of ether oxygens (including phenoxy) is 2. The first kappa shape index (κ1) is 30.0. The van der Waals surface area contributed by atoms with E-state index in [2.05, 4.69) is 5.32 Å². The number of carbonyl (C=O) groups is 4. The molecular weight excluding hydrogens is 538 g/mol. The topological polar surface area (TPSA) is 125 Å². The third-order valence-electron chi connectivity index (χ3n) is 8.76. The molecule has 6 atom stereocenters. The van der Waals surface area contributed by atoms with Crippen LogP contribution in [-0.4, -0.2) is 88.6 Å². The van der Waals surface area contributed by atoms with E-state index in [4.69, 9.17) is 9.47 Å². The van der Waals surface area contributed by atoms with Crippen LogP contribution in [0.2, 0.25) is 0 Å². The van der Waals surface area contributed by atoms with Gasteiger partial charge in [-0.2, -0.15) is 0 Å². The Bertz CT molecular complexity index is 1230. The van der Waals surface area contributed by atoms with Gasteiger partial charge in [0.25, 0.3) is 0 Å². The number of benzene rings is 1. The lowest BCUT2D eigenvalue weighted by Gasteiger charge is -2.36. The van der Waals surface area contributed by atoms with Gasteiger partial charge in [0, 0.05) is 32.2 Å². The van der Waals surface area contributed by atoms with Gasteiger partial charge in [0.2, 0.25) is 17.7 Å². The summed E-state index contributed by atoms with van der Waals surface area (Å²) in [5.41, 5.74) is -0.619. The average molecular weight is 580 g/mol. The third-order valence-corrected chi connectivity index (χ3v) is 8.76. The van der Waals surface area contributed by atoms with Gasteiger partial charge in [-0.05, 0) is 45.1 Å². The number of carbonyl (C=O) groups excluding carboxylic acids is 4. The Morgan fingerprint density at radius 3 is 2.57 bits per heavy atom. The number of cyclic esters (lactones) is 1. The Labute approximate surface area is 246 Å². The molecule has 0 unspecified atom stereocenters. The van der Waals surface area contributed by atoms with Crippen molar-refractivity contribution in [3.8, 4) is 0 Å². The van der Waals surface area contributed by atoms with Crippen LogP contribution in [0.4, 0.5) is 0 Å². The number of nitrogens with one attached hydrogen (secondary N) is 1. The van der Waals surface area contributed by atoms with Crippen molar-refractivity contribution in [1.29, 1.82) is 0 Å². The number of nitrogens with zero attached hydrogens (tertiary/aromatic N) is 2. The zero-order valence-electron chi connectivity index (χ0n) is 24.3. The zero-order valence-corrected chi connectivity index (χ0v) is 24.3. The molecule has 10 heteroatoms. The van der Waals surface area contributed by atoms with E-state index < -0.39 is 41.7 Å². The Morgan fingerprint density at radius 1 is 1.05 bits per heavy atom. The van der Waals surface area contributed by atoms with Gasteiger partial charge in [-0.15, -0.1) is 0 Å². The molecule has 2 saturated heterocycles. The summed E-state index contributed by atoms with van der Waals surface area (Å²) in [5, 5.41) is 12.1. The number of aliphatic hydroxyl groups excluding tert-OH is 1. The smallest absolute Gasteiger partial charge is 0.313 e. The first-order chi connectivity index (χ1) is 20.3. The molecule has 3 amide bonds. The minimum Gasteiger partial charge on any atom is -0.455 e. The van der Waals surface area contributed by atoms with Gasteiger partial charge in [0.1, 0.15) is 23.7 Å². The highest BCUT2D eigenvalue weighted by Crippen LogP contribution is 2.53. The van der Waals surface area contributed by atoms with E-state index in [-0.39, 0.29) is 43.3 Å². The molecule has 2 N–H and O–H groups in total. The van der Waals surface area contributed by atoms with Crippen molar-refractivity contribution < 1.29 is 33.8 Å². The Hall–Kier alpha value is -3.50. The van der Waals surface area contributed by atoms with Gasteiger partial charge in [-0.3, -0.25) is 19.2 Å². The van der Waals surface area contributed by atoms with E-state index in [0.29, 0.717) is 38.8 Å². The summed E-state index contributed by atoms with van der Waals surface area (Å²) < 4.78 is 12.8. The number of fused-ring (bicyclic) bond motifs is 2. The molecule has 4 heterocycles. The van der Waals surface area contributed by atoms with Crippen LogP contribution in [0.1, 0.15) is 57.6 Å². The van der Waals surface area contributed by atoms with E-state index in [1.165, 1.54) is 0 Å². The van der Waals surface area contributed by atoms with Crippen molar-refractivity contribution in [3.05, 3.63) is 60.2 Å². The largest absolute Gasteiger partial charge is 0.455 e. The lowest BCUT2D eigenvalue weighted by molar-refractivity contribution is -0.160. The van der Waals surface area contributed by atoms with E-state index in [1.54, 1.807) is 22.0 Å². The van der Waals surface area contributed by atoms with Crippen molar-refractivity contribution in [3.63, 3.8) is 0 Å². The molecule has 1 aromatic rings. The zero-order chi connectivity index (χ0) is 29.9. The predicted molar refractivity (Wildman–Crippen MR) is 154 cm³/mol. The Balaban J connectivity index is 1.55. The lowest BCUT2D eigenvalue weighted by atomic mass is 9.77. The van der Waals surface area contributed by atoms with Gasteiger partial charge in [-0.25, -0.2) is 0 Å². The van der Waals surface area contributed by atoms with Gasteiger partial charge in [0.15, 0.2) is 0 Å². The fraction of sp³-hybridized carbons (Fsp3) is 0.562. The molecular formula is C32H41N3O7. The first-order valence-electron chi connectivity index (χ1n) is 15.0. The van der Waals surface area contributed by atoms with E-state index >= 15 is 0 Å². The SMILES string of the molecule is CC(C)N1CC=C[C@]23O[C@@H]4/C=C\CCC(=O)NC[C@@H](c5ccccc5)OC(=O)[C@@H]4[C@H]2C(=O)N(CCCCCO)[C@@H]3C1=O. The van der Waals surface area contributed by atoms with Crippen LogP contribution in [0.25, 0.3) is 0 Å². The van der Waals surface area contributed by atoms with Gasteiger partial charge in [-0.1, -0.05) is 54.6 Å². The Morgan fingerprint density at radius 2 is 1.83 bits per heavy atom. The minimum absolute atomic E-state index is 0.0564. The number of amides is 3. The molecule has 5 rings (SSSR count). The summed E-state index contributed by atoms with van der Waals surface area (Å²) in [5.74, 6) is -3.21. The summed E-state index contributed by atoms with van der Waals surface area (Å²) in [6.07, 6.45) is 8.25. The van der Waals surface area contributed by atoms with Crippen LogP contribution < -0.4 is 5.32 Å². The van der Waals surface area contributed by atoms with Crippen LogP contribution >= 0.6 is 0 Å². The monoisotopic (exact) mass is 579 g/mol. The highest BCUT2D eigenvalue weighted by molar-refractivity contribution is 5.99. The number of allylic oxidation sites excluding steroid dienone is 1. The normalized spacial score (nSPS) is 32.3. The predicted octanol–water partition coefficient (Wildman–Crippen LogP) is 2.29. The highest BCUT2D eigenvalue weighted by Gasteiger charge is 2.71. The summed E-state index contributed by atoms with van der Waals surface area (Å²) in [6.45, 7) is 4.72. The van der Waals surface area contributed by atoms with E-state index in [0.717, 1.165) is 5.56 Å². The van der Waals surface area contributed by atoms with Crippen LogP contribution in [0.3, 0.4) is 0 Å². The molecule has 0 aromatic heterocycles. The maximum atomic E-state index is 14.3. The molecule has 2 fully saturated rings. The number of rotatable bonds is 7. The second kappa shape index (κ2) is 12.8. The summed E-state index contributed by atoms with van der Waals surface area (Å²) >= 11 is 0. The quantitative estimate of drug-likeness (QED) is 0.289. The number of unbranched alkanes of at least 4 members (excludes halogenated alkanes) is 2. The minimum atomic E-state index is -1.34. The Kier molecular flexibility index (Phi) is 9.13. The molecule has 4 aliphatic rings. The number of hydrogen-bond donors (Lipinski definition) is 2. The lowest BCUT2D eigenvalue weighted by Crippen LogP contribution is -2.56. The number of esters is 1. The fourth-order valence-corrected chi connectivity index (χ4v) is 6.70. The summed E-state index contributed by atoms with van der Waals surface area (Å²) in [4.78, 5) is 58.4. The molecule has 0 bridgehead atoms. The van der Waals surface area contributed by atoms with Crippen LogP contribution in [0.15, 0.2) is 54.6 Å². The molecule has 4 aliphatic heterocycles. The molecule has 1 aromatic carbocycles. The van der Waals surface area contributed by atoms with Crippen LogP contribution in [0, 0.1) is 11.8 Å². The molecule has 42 heavy (non-hydrogen) atoms. The number of aliphatic hydroxyl groups is 1. The maximum Gasteiger partial charge on any atom is 0.313 e. The summed E-state index contributed by atoms with van der Waals surface area (Å²) in [6, 6.07) is 8.17. The van der Waals surface area contributed by atoms with Crippen molar-refractivity contribution in [2.24, 2.45) is 11.8 Å². The third kappa shape index (κ3) is 5.62. The standard InChI is InChI=1S/C32H41N3O7/c1-21(2)34-18-11-16-32-27(29(38)35(28(32)30(34)39)17-9-4-10-19-36)26-23(42-32)14-7-8-15-25(37)33-20-24(41-31(26)40)22-12-5-3-6-13-22/h3,5-7,11-14,16,21,23-24,26-28,36H,4,8-10,15,17-20H2,1-2H3,(H,33,37)/b14-7-/t23-,24+,26+,27+,28-,32+/m1/s1. The average Bonchev–Trinajstić information content (AvgIpc) is 3.35. The fourth-order valence-electron chi connectivity index (χ4n) is 6.70. The molecule has 226 valence electrons. The molecule has 0 saturated carbocycles. The van der Waals surface area contributed by atoms with Gasteiger partial charge in [0.05, 0.1) is 18.6 Å². The number of hydrogen-bond acceptors (Lipinski definition) is 7. The number of likely N-dealkylation sites (tertiary alicyclic amines) is 1. The van der Waals surface area contributed by atoms with Crippen molar-refractivity contribution in [2.45, 2.75) is 75.8 Å². The van der Waals surface area contributed by atoms with E-state index in [9.17, 15) is 24.3 Å². The van der Waals surface area contributed by atoms with Crippen molar-refractivity contribution in [2.75, 3.05) is 26.2 Å². The van der Waals surface area contributed by atoms with Crippen LogP contribution in [0.5, 0.6) is 0 Å². The molecule has 0 aliphatic carbocycles. The maximum absolute atomic E-state index is 14.3. The first-order valence-corrected chi connectivity index (χ1v) is 15.0. The molecule has 1 spiro atoms.